The van der Waals surface area contributed by atoms with Gasteiger partial charge in [0.25, 0.3) is 0 Å². The molecule has 0 spiro atoms. The molecule has 0 aliphatic heterocycles. The molecule has 250 valence electrons. The quantitative estimate of drug-likeness (QED) is 0.163. The van der Waals surface area contributed by atoms with Crippen LogP contribution >= 0.6 is 0 Å². The molecule has 0 aliphatic carbocycles. The number of ether oxygens (including phenoxy) is 1. The van der Waals surface area contributed by atoms with Gasteiger partial charge >= 0.3 is 18.3 Å². The van der Waals surface area contributed by atoms with Crippen LogP contribution in [0.25, 0.3) is 0 Å². The summed E-state index contributed by atoms with van der Waals surface area (Å²) in [6.07, 6.45) is -8.55. The molecule has 13 heteroatoms. The van der Waals surface area contributed by atoms with Gasteiger partial charge in [0.15, 0.2) is 0 Å². The maximum absolute atomic E-state index is 13.9. The van der Waals surface area contributed by atoms with Crippen molar-refractivity contribution in [1.82, 2.24) is 10.2 Å². The lowest BCUT2D eigenvalue weighted by atomic mass is 9.84. The summed E-state index contributed by atoms with van der Waals surface area (Å²) in [4.78, 5) is 42.5. The van der Waals surface area contributed by atoms with Crippen molar-refractivity contribution in [2.24, 2.45) is 11.3 Å². The molecule has 1 unspecified atom stereocenters. The molecule has 0 saturated heterocycles. The van der Waals surface area contributed by atoms with Crippen molar-refractivity contribution >= 4 is 23.5 Å². The third kappa shape index (κ3) is 9.37. The van der Waals surface area contributed by atoms with E-state index in [0.717, 1.165) is 4.90 Å². The van der Waals surface area contributed by atoms with E-state index in [1.807, 2.05) is 13.8 Å². The lowest BCUT2D eigenvalue weighted by Crippen LogP contribution is -2.63. The average Bonchev–Trinajstić information content (AvgIpc) is 2.90. The smallest absolute Gasteiger partial charge is 0.416 e. The van der Waals surface area contributed by atoms with Crippen molar-refractivity contribution in [3.05, 3.63) is 41.0 Å². The Hall–Kier alpha value is -3.25. The van der Waals surface area contributed by atoms with Crippen LogP contribution in [0.15, 0.2) is 29.8 Å². The van der Waals surface area contributed by atoms with E-state index in [-0.39, 0.29) is 25.0 Å². The Kier molecular flexibility index (Phi) is 12.5. The highest BCUT2D eigenvalue weighted by Crippen LogP contribution is 2.40. The highest BCUT2D eigenvalue weighted by Gasteiger charge is 2.44. The van der Waals surface area contributed by atoms with Gasteiger partial charge < -0.3 is 19.9 Å². The summed E-state index contributed by atoms with van der Waals surface area (Å²) in [5.74, 6) is -1.96. The summed E-state index contributed by atoms with van der Waals surface area (Å²) in [6, 6.07) is -0.582. The first-order chi connectivity index (χ1) is 19.8. The van der Waals surface area contributed by atoms with Gasteiger partial charge in [-0.1, -0.05) is 47.6 Å². The second-order valence-corrected chi connectivity index (χ2v) is 12.5. The first-order valence-electron chi connectivity index (χ1n) is 14.3. The average molecular weight is 638 g/mol. The fourth-order valence-electron chi connectivity index (χ4n) is 4.57. The van der Waals surface area contributed by atoms with Gasteiger partial charge in [0.1, 0.15) is 11.6 Å². The van der Waals surface area contributed by atoms with Gasteiger partial charge in [0, 0.05) is 25.4 Å². The Bertz CT molecular complexity index is 1190. The van der Waals surface area contributed by atoms with E-state index in [1.165, 1.54) is 25.9 Å². The van der Waals surface area contributed by atoms with Crippen molar-refractivity contribution < 1.29 is 45.5 Å². The van der Waals surface area contributed by atoms with Gasteiger partial charge in [-0.25, -0.2) is 4.79 Å². The molecular weight excluding hydrogens is 592 g/mol. The van der Waals surface area contributed by atoms with Crippen molar-refractivity contribution in [3.63, 3.8) is 0 Å². The molecule has 0 radical (unpaired) electrons. The van der Waals surface area contributed by atoms with E-state index in [1.54, 1.807) is 47.6 Å². The Labute approximate surface area is 256 Å². The van der Waals surface area contributed by atoms with Gasteiger partial charge in [0.05, 0.1) is 23.8 Å². The number of nitrogens with one attached hydrogen (secondary N) is 1. The molecule has 1 aromatic carbocycles. The molecule has 0 aliphatic rings. The Morgan fingerprint density at radius 3 is 1.75 bits per heavy atom. The van der Waals surface area contributed by atoms with Crippen LogP contribution < -0.4 is 10.2 Å². The topological polar surface area (TPSA) is 79.0 Å². The van der Waals surface area contributed by atoms with Crippen LogP contribution in [0.3, 0.4) is 0 Å². The molecule has 44 heavy (non-hydrogen) atoms. The predicted octanol–water partition coefficient (Wildman–Crippen LogP) is 6.85. The first kappa shape index (κ1) is 38.8. The molecule has 0 aromatic heterocycles. The molecule has 1 aromatic rings. The number of halogens is 6. The molecule has 1 rings (SSSR count). The minimum atomic E-state index is -5.07. The number of anilines is 1. The molecule has 0 saturated carbocycles. The number of nitrogens with zero attached hydrogens (tertiary/aromatic N) is 2. The zero-order valence-corrected chi connectivity index (χ0v) is 27.3. The minimum absolute atomic E-state index is 0.0219. The number of hydrogen-bond acceptors (Lipinski definition) is 5. The molecule has 0 bridgehead atoms. The van der Waals surface area contributed by atoms with Crippen LogP contribution in [-0.4, -0.2) is 61.0 Å². The van der Waals surface area contributed by atoms with E-state index < -0.39 is 70.0 Å². The standard InChI is InChI=1S/C31H45F6N3O4/c1-12-29(9,40(11)22-16-20(30(32,33)34)15-21(17-22)31(35,36)37)27(43)38-24(28(6,7)8)25(41)39(10)23(18(3)4)14-19(5)26(42)44-13-2/h14-18,23-24H,12-13H2,1-11H3,(H,38,43)/b19-14+/t23-,24-,29?/m1/s1. The van der Waals surface area contributed by atoms with Crippen molar-refractivity contribution in [1.29, 1.82) is 0 Å². The molecule has 3 atom stereocenters. The maximum atomic E-state index is 13.9. The van der Waals surface area contributed by atoms with E-state index in [0.29, 0.717) is 17.7 Å². The van der Waals surface area contributed by atoms with Crippen LogP contribution in [0, 0.1) is 11.3 Å². The summed E-state index contributed by atoms with van der Waals surface area (Å²) in [5, 5.41) is 2.73. The summed E-state index contributed by atoms with van der Waals surface area (Å²) in [6.45, 7) is 15.2. The third-order valence-corrected chi connectivity index (χ3v) is 7.76. The second kappa shape index (κ2) is 14.2. The van der Waals surface area contributed by atoms with E-state index in [2.05, 4.69) is 5.32 Å². The van der Waals surface area contributed by atoms with Gasteiger partial charge in [0.2, 0.25) is 11.8 Å². The molecule has 2 amide bonds. The molecule has 1 N–H and O–H groups in total. The lowest BCUT2D eigenvalue weighted by molar-refractivity contribution is -0.143. The number of alkyl halides is 6. The van der Waals surface area contributed by atoms with E-state index in [9.17, 15) is 40.7 Å². The summed E-state index contributed by atoms with van der Waals surface area (Å²) in [5.41, 5.74) is -5.72. The summed E-state index contributed by atoms with van der Waals surface area (Å²) < 4.78 is 86.3. The van der Waals surface area contributed by atoms with Crippen molar-refractivity contribution in [2.75, 3.05) is 25.6 Å². The van der Waals surface area contributed by atoms with Gasteiger partial charge in [-0.3, -0.25) is 9.59 Å². The number of likely N-dealkylation sites (N-methyl/N-ethyl adjacent to an activating group) is 2. The summed E-state index contributed by atoms with van der Waals surface area (Å²) >= 11 is 0. The highest BCUT2D eigenvalue weighted by molar-refractivity contribution is 5.94. The van der Waals surface area contributed by atoms with Crippen LogP contribution in [0.5, 0.6) is 0 Å². The molecule has 7 nitrogen and oxygen atoms in total. The van der Waals surface area contributed by atoms with Crippen LogP contribution in [-0.2, 0) is 31.5 Å². The SMILES string of the molecule is CCOC(=O)/C(C)=C/[C@H](C(C)C)N(C)C(=O)[C@@H](NC(=O)C(C)(CC)N(C)c1cc(C(F)(F)F)cc(C(F)(F)F)c1)C(C)(C)C. The normalized spacial score (nSPS) is 15.7. The zero-order valence-electron chi connectivity index (χ0n) is 27.3. The fraction of sp³-hybridized carbons (Fsp3) is 0.645. The lowest BCUT2D eigenvalue weighted by Gasteiger charge is -2.42. The maximum Gasteiger partial charge on any atom is 0.416 e. The van der Waals surface area contributed by atoms with Gasteiger partial charge in [-0.05, 0) is 56.7 Å². The zero-order chi connectivity index (χ0) is 34.6. The van der Waals surface area contributed by atoms with Gasteiger partial charge in [-0.15, -0.1) is 0 Å². The number of rotatable bonds is 11. The van der Waals surface area contributed by atoms with Crippen molar-refractivity contribution in [2.45, 2.75) is 98.7 Å². The van der Waals surface area contributed by atoms with Crippen molar-refractivity contribution in [3.8, 4) is 0 Å². The summed E-state index contributed by atoms with van der Waals surface area (Å²) in [7, 11) is 2.76. The van der Waals surface area contributed by atoms with Crippen LogP contribution in [0.4, 0.5) is 32.0 Å². The Balaban J connectivity index is 3.57. The molecule has 0 heterocycles. The Morgan fingerprint density at radius 2 is 1.39 bits per heavy atom. The monoisotopic (exact) mass is 637 g/mol. The predicted molar refractivity (Wildman–Crippen MR) is 157 cm³/mol. The Morgan fingerprint density at radius 1 is 0.909 bits per heavy atom. The largest absolute Gasteiger partial charge is 0.463 e. The number of esters is 1. The minimum Gasteiger partial charge on any atom is -0.463 e. The second-order valence-electron chi connectivity index (χ2n) is 12.5. The number of carbonyl (C=O) groups is 3. The van der Waals surface area contributed by atoms with Crippen LogP contribution in [0.1, 0.15) is 79.9 Å². The number of benzene rings is 1. The number of hydrogen-bond donors (Lipinski definition) is 1. The number of carbonyl (C=O) groups excluding carboxylic acids is 3. The third-order valence-electron chi connectivity index (χ3n) is 7.76. The number of amides is 2. The van der Waals surface area contributed by atoms with Crippen LogP contribution in [0.2, 0.25) is 0 Å². The molecular formula is C31H45F6N3O4. The molecule has 0 fully saturated rings. The van der Waals surface area contributed by atoms with Gasteiger partial charge in [-0.2, -0.15) is 26.3 Å². The first-order valence-corrected chi connectivity index (χ1v) is 14.3. The van der Waals surface area contributed by atoms with E-state index in [4.69, 9.17) is 4.74 Å². The highest BCUT2D eigenvalue weighted by atomic mass is 19.4. The van der Waals surface area contributed by atoms with E-state index >= 15 is 0 Å². The fourth-order valence-corrected chi connectivity index (χ4v) is 4.57.